The fourth-order valence-corrected chi connectivity index (χ4v) is 3.05. The van der Waals surface area contributed by atoms with Gasteiger partial charge in [-0.05, 0) is 35.4 Å². The summed E-state index contributed by atoms with van der Waals surface area (Å²) in [6.07, 6.45) is 2.02. The van der Waals surface area contributed by atoms with Gasteiger partial charge in [-0.3, -0.25) is 0 Å². The molecule has 0 bridgehead atoms. The van der Waals surface area contributed by atoms with E-state index in [2.05, 4.69) is 60.4 Å². The van der Waals surface area contributed by atoms with Gasteiger partial charge in [0.1, 0.15) is 5.75 Å². The topological polar surface area (TPSA) is 21.3 Å². The summed E-state index contributed by atoms with van der Waals surface area (Å²) in [4.78, 5) is 0. The number of benzene rings is 3. The minimum atomic E-state index is 0.0921. The van der Waals surface area contributed by atoms with E-state index in [1.165, 1.54) is 11.1 Å². The van der Waals surface area contributed by atoms with Crippen LogP contribution in [-0.4, -0.2) is 7.11 Å². The Kier molecular flexibility index (Phi) is 5.53. The summed E-state index contributed by atoms with van der Waals surface area (Å²) in [5.41, 5.74) is 3.52. The van der Waals surface area contributed by atoms with E-state index in [-0.39, 0.29) is 12.0 Å². The molecule has 25 heavy (non-hydrogen) atoms. The van der Waals surface area contributed by atoms with Crippen molar-refractivity contribution in [3.05, 3.63) is 109 Å². The van der Waals surface area contributed by atoms with Crippen LogP contribution in [-0.2, 0) is 0 Å². The van der Waals surface area contributed by atoms with E-state index in [1.54, 1.807) is 7.11 Å². The average Bonchev–Trinajstić information content (AvgIpc) is 2.70. The predicted molar refractivity (Wildman–Crippen MR) is 105 cm³/mol. The highest BCUT2D eigenvalue weighted by atomic mass is 16.5. The first-order valence-electron chi connectivity index (χ1n) is 8.45. The number of hydrogen-bond donors (Lipinski definition) is 1. The maximum absolute atomic E-state index is 5.25. The molecule has 0 aliphatic rings. The van der Waals surface area contributed by atoms with Crippen molar-refractivity contribution in [3.8, 4) is 5.75 Å². The van der Waals surface area contributed by atoms with Crippen molar-refractivity contribution in [1.29, 1.82) is 0 Å². The highest BCUT2D eigenvalue weighted by Gasteiger charge is 2.22. The Morgan fingerprint density at radius 3 is 1.88 bits per heavy atom. The Balaban J connectivity index is 1.95. The van der Waals surface area contributed by atoms with Crippen molar-refractivity contribution in [1.82, 2.24) is 0 Å². The Morgan fingerprint density at radius 2 is 1.36 bits per heavy atom. The number of hydrogen-bond acceptors (Lipinski definition) is 2. The number of ether oxygens (including phenoxy) is 1. The normalized spacial score (nSPS) is 12.8. The van der Waals surface area contributed by atoms with Crippen molar-refractivity contribution in [3.63, 3.8) is 0 Å². The zero-order chi connectivity index (χ0) is 17.5. The van der Waals surface area contributed by atoms with Crippen LogP contribution in [0.1, 0.15) is 23.1 Å². The number of anilines is 1. The zero-order valence-electron chi connectivity index (χ0n) is 14.4. The Morgan fingerprint density at radius 1 is 0.800 bits per heavy atom. The van der Waals surface area contributed by atoms with Crippen molar-refractivity contribution < 1.29 is 4.74 Å². The second-order valence-corrected chi connectivity index (χ2v) is 5.93. The SMILES string of the molecule is C=C[C@H](c1ccccc1)[C@H](Nc1ccc(OC)cc1)c1ccccc1. The summed E-state index contributed by atoms with van der Waals surface area (Å²) in [5, 5.41) is 3.67. The van der Waals surface area contributed by atoms with E-state index >= 15 is 0 Å². The summed E-state index contributed by atoms with van der Waals surface area (Å²) in [6.45, 7) is 4.09. The highest BCUT2D eigenvalue weighted by molar-refractivity contribution is 5.50. The molecule has 3 aromatic rings. The monoisotopic (exact) mass is 329 g/mol. The molecule has 0 spiro atoms. The summed E-state index contributed by atoms with van der Waals surface area (Å²) in [5.74, 6) is 1.01. The van der Waals surface area contributed by atoms with Crippen LogP contribution >= 0.6 is 0 Å². The Labute approximate surface area is 149 Å². The maximum Gasteiger partial charge on any atom is 0.119 e. The van der Waals surface area contributed by atoms with Gasteiger partial charge in [0.2, 0.25) is 0 Å². The van der Waals surface area contributed by atoms with Crippen LogP contribution in [0.4, 0.5) is 5.69 Å². The summed E-state index contributed by atoms with van der Waals surface area (Å²) in [6, 6.07) is 29.1. The molecule has 2 heteroatoms. The highest BCUT2D eigenvalue weighted by Crippen LogP contribution is 2.35. The molecule has 0 aliphatic heterocycles. The molecule has 0 saturated heterocycles. The van der Waals surface area contributed by atoms with Crippen molar-refractivity contribution in [2.24, 2.45) is 0 Å². The molecule has 2 atom stereocenters. The first kappa shape index (κ1) is 16.8. The molecule has 0 aromatic heterocycles. The predicted octanol–water partition coefficient (Wildman–Crippen LogP) is 5.82. The van der Waals surface area contributed by atoms with Gasteiger partial charge in [-0.1, -0.05) is 66.7 Å². The van der Waals surface area contributed by atoms with Gasteiger partial charge in [-0.2, -0.15) is 0 Å². The Hall–Kier alpha value is -3.00. The zero-order valence-corrected chi connectivity index (χ0v) is 14.4. The molecular weight excluding hydrogens is 306 g/mol. The van der Waals surface area contributed by atoms with Crippen LogP contribution in [0.3, 0.4) is 0 Å². The second kappa shape index (κ2) is 8.20. The van der Waals surface area contributed by atoms with E-state index in [0.717, 1.165) is 11.4 Å². The van der Waals surface area contributed by atoms with Crippen LogP contribution in [0.5, 0.6) is 5.75 Å². The van der Waals surface area contributed by atoms with Gasteiger partial charge in [-0.15, -0.1) is 6.58 Å². The molecule has 0 amide bonds. The van der Waals surface area contributed by atoms with E-state index in [4.69, 9.17) is 4.74 Å². The van der Waals surface area contributed by atoms with Gasteiger partial charge < -0.3 is 10.1 Å². The third kappa shape index (κ3) is 4.10. The van der Waals surface area contributed by atoms with Crippen molar-refractivity contribution in [2.75, 3.05) is 12.4 Å². The lowest BCUT2D eigenvalue weighted by molar-refractivity contribution is 0.415. The van der Waals surface area contributed by atoms with Crippen LogP contribution in [0.15, 0.2) is 97.6 Å². The standard InChI is InChI=1S/C23H23NO/c1-3-22(18-10-6-4-7-11-18)23(19-12-8-5-9-13-19)24-20-14-16-21(25-2)17-15-20/h3-17,22-24H,1H2,2H3/t22-,23-/m1/s1. The van der Waals surface area contributed by atoms with Crippen LogP contribution in [0, 0.1) is 0 Å². The molecule has 1 N–H and O–H groups in total. The number of nitrogens with one attached hydrogen (secondary N) is 1. The number of methoxy groups -OCH3 is 1. The molecule has 0 fully saturated rings. The lowest BCUT2D eigenvalue weighted by Crippen LogP contribution is -2.18. The maximum atomic E-state index is 5.25. The lowest BCUT2D eigenvalue weighted by Gasteiger charge is -2.28. The Bertz CT molecular complexity index is 781. The van der Waals surface area contributed by atoms with Crippen LogP contribution < -0.4 is 10.1 Å². The molecule has 0 heterocycles. The summed E-state index contributed by atoms with van der Waals surface area (Å²) in [7, 11) is 1.68. The third-order valence-corrected chi connectivity index (χ3v) is 4.37. The first-order chi connectivity index (χ1) is 12.3. The van der Waals surface area contributed by atoms with Gasteiger partial charge in [0.15, 0.2) is 0 Å². The molecule has 3 rings (SSSR count). The summed E-state index contributed by atoms with van der Waals surface area (Å²) < 4.78 is 5.25. The van der Waals surface area contributed by atoms with Crippen LogP contribution in [0.25, 0.3) is 0 Å². The van der Waals surface area contributed by atoms with Crippen molar-refractivity contribution >= 4 is 5.69 Å². The minimum Gasteiger partial charge on any atom is -0.497 e. The van der Waals surface area contributed by atoms with Crippen molar-refractivity contribution in [2.45, 2.75) is 12.0 Å². The molecular formula is C23H23NO. The van der Waals surface area contributed by atoms with E-state index in [9.17, 15) is 0 Å². The van der Waals surface area contributed by atoms with Gasteiger partial charge in [0.25, 0.3) is 0 Å². The fraction of sp³-hybridized carbons (Fsp3) is 0.130. The van der Waals surface area contributed by atoms with Gasteiger partial charge in [0.05, 0.1) is 13.2 Å². The quantitative estimate of drug-likeness (QED) is 0.552. The van der Waals surface area contributed by atoms with E-state index in [0.29, 0.717) is 0 Å². The second-order valence-electron chi connectivity index (χ2n) is 5.93. The smallest absolute Gasteiger partial charge is 0.119 e. The summed E-state index contributed by atoms with van der Waals surface area (Å²) >= 11 is 0. The van der Waals surface area contributed by atoms with Gasteiger partial charge in [-0.25, -0.2) is 0 Å². The van der Waals surface area contributed by atoms with Gasteiger partial charge >= 0.3 is 0 Å². The van der Waals surface area contributed by atoms with E-state index < -0.39 is 0 Å². The molecule has 3 aromatic carbocycles. The van der Waals surface area contributed by atoms with Crippen LogP contribution in [0.2, 0.25) is 0 Å². The molecule has 0 radical (unpaired) electrons. The fourth-order valence-electron chi connectivity index (χ4n) is 3.05. The molecule has 0 aliphatic carbocycles. The van der Waals surface area contributed by atoms with E-state index in [1.807, 2.05) is 42.5 Å². The number of rotatable bonds is 7. The minimum absolute atomic E-state index is 0.0921. The molecule has 0 saturated carbocycles. The molecule has 2 nitrogen and oxygen atoms in total. The first-order valence-corrected chi connectivity index (χ1v) is 8.45. The molecule has 126 valence electrons. The molecule has 0 unspecified atom stereocenters. The largest absolute Gasteiger partial charge is 0.497 e. The third-order valence-electron chi connectivity index (χ3n) is 4.37. The lowest BCUT2D eigenvalue weighted by atomic mass is 9.87. The average molecular weight is 329 g/mol. The van der Waals surface area contributed by atoms with Gasteiger partial charge in [0, 0.05) is 11.6 Å².